The van der Waals surface area contributed by atoms with Crippen LogP contribution in [0.15, 0.2) is 62.5 Å². The number of nitrogens with zero attached hydrogens (tertiary/aromatic N) is 2. The Morgan fingerprint density at radius 1 is 0.780 bits per heavy atom. The van der Waals surface area contributed by atoms with Crippen LogP contribution in [-0.4, -0.2) is 4.98 Å². The Labute approximate surface area is 259 Å². The standard InChI is InChI=1S/C36H36Br2N2O/c1-17(2)26-13-22(37)14-27(18(3)4)32(26)39-34-24-11-9-10-12-25(24)36-31-30(21(8)41-36)20(7)29-16-23(38)15-28(19(5)6)33(29)40-35(31)34/h9-19,21H,1-8H3. The van der Waals surface area contributed by atoms with E-state index in [9.17, 15) is 0 Å². The van der Waals surface area contributed by atoms with Crippen molar-refractivity contribution in [2.75, 3.05) is 0 Å². The van der Waals surface area contributed by atoms with Gasteiger partial charge in [0.15, 0.2) is 0 Å². The molecule has 3 aromatic carbocycles. The molecule has 0 fully saturated rings. The van der Waals surface area contributed by atoms with Crippen LogP contribution in [0.25, 0.3) is 32.9 Å². The van der Waals surface area contributed by atoms with Crippen LogP contribution in [0.3, 0.4) is 0 Å². The van der Waals surface area contributed by atoms with Crippen LogP contribution in [0.5, 0.6) is 5.75 Å². The first kappa shape index (κ1) is 28.4. The molecular formula is C36H36Br2N2O. The fourth-order valence-electron chi connectivity index (χ4n) is 6.39. The highest BCUT2D eigenvalue weighted by atomic mass is 79.9. The van der Waals surface area contributed by atoms with Crippen LogP contribution in [0.4, 0.5) is 5.69 Å². The van der Waals surface area contributed by atoms with Gasteiger partial charge in [-0.1, -0.05) is 97.7 Å². The number of fused-ring (bicyclic) bond motifs is 3. The average molecular weight is 673 g/mol. The van der Waals surface area contributed by atoms with Gasteiger partial charge < -0.3 is 4.74 Å². The lowest BCUT2D eigenvalue weighted by atomic mass is 9.92. The zero-order valence-corrected chi connectivity index (χ0v) is 28.2. The molecule has 3 aromatic rings. The number of ether oxygens (including phenoxy) is 1. The lowest BCUT2D eigenvalue weighted by Gasteiger charge is -2.18. The van der Waals surface area contributed by atoms with Gasteiger partial charge in [-0.25, -0.2) is 9.98 Å². The second kappa shape index (κ2) is 10.5. The van der Waals surface area contributed by atoms with Crippen molar-refractivity contribution in [3.63, 3.8) is 0 Å². The molecular weight excluding hydrogens is 636 g/mol. The molecule has 0 saturated heterocycles. The Kier molecular flexibility index (Phi) is 7.27. The molecule has 1 aliphatic carbocycles. The van der Waals surface area contributed by atoms with E-state index in [-0.39, 0.29) is 6.10 Å². The number of rotatable bonds is 4. The third-order valence-electron chi connectivity index (χ3n) is 8.44. The van der Waals surface area contributed by atoms with E-state index in [1.165, 1.54) is 27.8 Å². The van der Waals surface area contributed by atoms with Gasteiger partial charge in [0.05, 0.1) is 22.1 Å². The lowest BCUT2D eigenvalue weighted by Crippen LogP contribution is -2.11. The summed E-state index contributed by atoms with van der Waals surface area (Å²) >= 11 is 7.57. The molecule has 3 nitrogen and oxygen atoms in total. The third-order valence-corrected chi connectivity index (χ3v) is 9.36. The fourth-order valence-corrected chi connectivity index (χ4v) is 7.36. The SMILES string of the molecule is Cc1c2c3c(c4ccccc4c(=Nc4c(C(C)C)cc(Br)cc4C(C)C)c-3nc3c(C(C)C)cc(Br)cc13)OC2C. The zero-order valence-electron chi connectivity index (χ0n) is 25.0. The molecule has 5 heteroatoms. The maximum atomic E-state index is 6.66. The first-order chi connectivity index (χ1) is 19.5. The maximum absolute atomic E-state index is 6.66. The van der Waals surface area contributed by atoms with Crippen molar-refractivity contribution in [3.8, 4) is 17.0 Å². The van der Waals surface area contributed by atoms with Crippen LogP contribution in [0, 0.1) is 6.92 Å². The van der Waals surface area contributed by atoms with Gasteiger partial charge in [0.25, 0.3) is 0 Å². The number of hydrogen-bond donors (Lipinski definition) is 0. The zero-order chi connectivity index (χ0) is 29.3. The lowest BCUT2D eigenvalue weighted by molar-refractivity contribution is 0.248. The van der Waals surface area contributed by atoms with Gasteiger partial charge in [-0.2, -0.15) is 0 Å². The van der Waals surface area contributed by atoms with E-state index in [1.54, 1.807) is 0 Å². The molecule has 0 radical (unpaired) electrons. The second-order valence-corrected chi connectivity index (χ2v) is 14.1. The van der Waals surface area contributed by atoms with E-state index >= 15 is 0 Å². The van der Waals surface area contributed by atoms with Crippen LogP contribution < -0.4 is 10.1 Å². The van der Waals surface area contributed by atoms with Gasteiger partial charge >= 0.3 is 0 Å². The molecule has 2 aliphatic heterocycles. The Balaban J connectivity index is 1.92. The van der Waals surface area contributed by atoms with Crippen molar-refractivity contribution in [2.45, 2.75) is 79.2 Å². The second-order valence-electron chi connectivity index (χ2n) is 12.3. The van der Waals surface area contributed by atoms with Gasteiger partial charge in [0, 0.05) is 30.7 Å². The molecule has 0 aromatic heterocycles. The molecule has 0 spiro atoms. The van der Waals surface area contributed by atoms with E-state index in [4.69, 9.17) is 14.7 Å². The summed E-state index contributed by atoms with van der Waals surface area (Å²) in [5.74, 6) is 1.85. The van der Waals surface area contributed by atoms with Gasteiger partial charge in [-0.15, -0.1) is 0 Å². The summed E-state index contributed by atoms with van der Waals surface area (Å²) in [7, 11) is 0. The predicted molar refractivity (Wildman–Crippen MR) is 179 cm³/mol. The highest BCUT2D eigenvalue weighted by molar-refractivity contribution is 9.10. The van der Waals surface area contributed by atoms with Gasteiger partial charge in [-0.3, -0.25) is 0 Å². The normalized spacial score (nSPS) is 15.3. The Bertz CT molecular complexity index is 1880. The average Bonchev–Trinajstić information content (AvgIpc) is 3.20. The molecule has 1 atom stereocenters. The molecule has 3 aliphatic rings. The molecule has 2 heterocycles. The minimum atomic E-state index is -0.0878. The van der Waals surface area contributed by atoms with E-state index < -0.39 is 0 Å². The number of aromatic nitrogens is 1. The van der Waals surface area contributed by atoms with Gasteiger partial charge in [0.1, 0.15) is 17.5 Å². The van der Waals surface area contributed by atoms with Crippen molar-refractivity contribution in [2.24, 2.45) is 4.99 Å². The van der Waals surface area contributed by atoms with Crippen molar-refractivity contribution in [1.29, 1.82) is 0 Å². The van der Waals surface area contributed by atoms with Crippen LogP contribution >= 0.6 is 31.9 Å². The quantitative estimate of drug-likeness (QED) is 0.190. The van der Waals surface area contributed by atoms with E-state index in [0.717, 1.165) is 58.7 Å². The number of benzene rings is 4. The first-order valence-electron chi connectivity index (χ1n) is 14.5. The minimum absolute atomic E-state index is 0.0878. The fraction of sp³-hybridized carbons (Fsp3) is 0.333. The van der Waals surface area contributed by atoms with Gasteiger partial charge in [-0.05, 0) is 78.1 Å². The van der Waals surface area contributed by atoms with Gasteiger partial charge in [0.2, 0.25) is 0 Å². The Morgan fingerprint density at radius 3 is 1.95 bits per heavy atom. The Hall–Kier alpha value is -2.76. The number of aryl methyl sites for hydroxylation is 1. The monoisotopic (exact) mass is 670 g/mol. The molecule has 0 saturated carbocycles. The van der Waals surface area contributed by atoms with Crippen LogP contribution in [-0.2, 0) is 0 Å². The van der Waals surface area contributed by atoms with E-state index in [2.05, 4.69) is 136 Å². The smallest absolute Gasteiger partial charge is 0.138 e. The first-order valence-corrected chi connectivity index (χ1v) is 16.1. The molecule has 0 amide bonds. The minimum Gasteiger partial charge on any atom is -0.485 e. The predicted octanol–water partition coefficient (Wildman–Crippen LogP) is 11.4. The molecule has 0 bridgehead atoms. The number of halogens is 2. The highest BCUT2D eigenvalue weighted by Crippen LogP contribution is 2.50. The topological polar surface area (TPSA) is 34.5 Å². The van der Waals surface area contributed by atoms with Crippen LogP contribution in [0.2, 0.25) is 0 Å². The molecule has 1 unspecified atom stereocenters. The summed E-state index contributed by atoms with van der Waals surface area (Å²) in [5, 5.41) is 4.22. The number of hydrogen-bond acceptors (Lipinski definition) is 3. The van der Waals surface area contributed by atoms with Crippen molar-refractivity contribution in [3.05, 3.63) is 90.7 Å². The summed E-state index contributed by atoms with van der Waals surface area (Å²) in [6, 6.07) is 17.4. The highest BCUT2D eigenvalue weighted by Gasteiger charge is 2.33. The summed E-state index contributed by atoms with van der Waals surface area (Å²) < 4.78 is 8.82. The Morgan fingerprint density at radius 2 is 1.34 bits per heavy atom. The molecule has 6 rings (SSSR count). The largest absolute Gasteiger partial charge is 0.485 e. The third kappa shape index (κ3) is 4.60. The summed E-state index contributed by atoms with van der Waals surface area (Å²) in [4.78, 5) is 11.2. The van der Waals surface area contributed by atoms with E-state index in [0.29, 0.717) is 17.8 Å². The molecule has 210 valence electrons. The van der Waals surface area contributed by atoms with Crippen molar-refractivity contribution < 1.29 is 4.74 Å². The molecule has 41 heavy (non-hydrogen) atoms. The summed E-state index contributed by atoms with van der Waals surface area (Å²) in [6.45, 7) is 17.8. The van der Waals surface area contributed by atoms with E-state index in [1.807, 2.05) is 0 Å². The van der Waals surface area contributed by atoms with Crippen molar-refractivity contribution in [1.82, 2.24) is 4.98 Å². The molecule has 0 N–H and O–H groups in total. The maximum Gasteiger partial charge on any atom is 0.138 e. The summed E-state index contributed by atoms with van der Waals surface area (Å²) in [5.41, 5.74) is 10.2. The van der Waals surface area contributed by atoms with Crippen molar-refractivity contribution >= 4 is 59.2 Å². The van der Waals surface area contributed by atoms with Crippen LogP contribution in [0.1, 0.15) is 100 Å². The summed E-state index contributed by atoms with van der Waals surface area (Å²) in [6.07, 6.45) is -0.0878.